The van der Waals surface area contributed by atoms with E-state index < -0.39 is 11.9 Å². The first-order valence-electron chi connectivity index (χ1n) is 7.24. The summed E-state index contributed by atoms with van der Waals surface area (Å²) >= 11 is 0. The molecule has 0 spiro atoms. The van der Waals surface area contributed by atoms with E-state index in [0.29, 0.717) is 13.1 Å². The summed E-state index contributed by atoms with van der Waals surface area (Å²) in [5.41, 5.74) is 0.865. The van der Waals surface area contributed by atoms with Gasteiger partial charge in [0.1, 0.15) is 5.82 Å². The van der Waals surface area contributed by atoms with E-state index in [2.05, 4.69) is 15.8 Å². The van der Waals surface area contributed by atoms with Crippen LogP contribution in [0.2, 0.25) is 0 Å². The molecule has 112 valence electrons. The molecule has 2 rings (SSSR count). The molecule has 1 aliphatic heterocycles. The van der Waals surface area contributed by atoms with Crippen LogP contribution < -0.4 is 9.80 Å². The van der Waals surface area contributed by atoms with Gasteiger partial charge >= 0.3 is 5.97 Å². The lowest BCUT2D eigenvalue weighted by Gasteiger charge is -2.25. The van der Waals surface area contributed by atoms with Gasteiger partial charge in [-0.05, 0) is 25.0 Å². The van der Waals surface area contributed by atoms with E-state index in [0.717, 1.165) is 24.6 Å². The number of carboxylic acid groups (broad SMARTS) is 1. The molecule has 0 bridgehead atoms. The number of anilines is 2. The molecule has 5 heteroatoms. The third kappa shape index (κ3) is 3.88. The van der Waals surface area contributed by atoms with E-state index in [-0.39, 0.29) is 0 Å². The highest BCUT2D eigenvalue weighted by atomic mass is 16.4. The van der Waals surface area contributed by atoms with Gasteiger partial charge in [0.05, 0.1) is 24.3 Å². The van der Waals surface area contributed by atoms with E-state index in [1.54, 1.807) is 13.1 Å². The molecule has 0 aromatic carbocycles. The number of terminal acetylenes is 1. The van der Waals surface area contributed by atoms with Crippen LogP contribution in [0.25, 0.3) is 0 Å². The molecule has 2 heterocycles. The Bertz CT molecular complexity index is 515. The lowest BCUT2D eigenvalue weighted by Crippen LogP contribution is -2.32. The third-order valence-electron chi connectivity index (χ3n) is 3.73. The predicted octanol–water partition coefficient (Wildman–Crippen LogP) is 1.84. The van der Waals surface area contributed by atoms with Gasteiger partial charge in [-0.2, -0.15) is 0 Å². The fourth-order valence-corrected chi connectivity index (χ4v) is 2.48. The van der Waals surface area contributed by atoms with Crippen LogP contribution >= 0.6 is 0 Å². The van der Waals surface area contributed by atoms with Crippen LogP contribution in [0.5, 0.6) is 0 Å². The molecule has 0 amide bonds. The summed E-state index contributed by atoms with van der Waals surface area (Å²) in [5.74, 6) is 2.25. The summed E-state index contributed by atoms with van der Waals surface area (Å²) in [6.45, 7) is 4.54. The van der Waals surface area contributed by atoms with E-state index in [1.165, 1.54) is 12.8 Å². The SMILES string of the molecule is C#CCN(CC(C)C(=O)O)c1ccc(N2CCCC2)nc1. The van der Waals surface area contributed by atoms with Crippen molar-refractivity contribution in [2.75, 3.05) is 36.0 Å². The molecule has 1 saturated heterocycles. The molecule has 1 atom stereocenters. The van der Waals surface area contributed by atoms with Gasteiger partial charge in [-0.3, -0.25) is 4.79 Å². The Morgan fingerprint density at radius 2 is 2.24 bits per heavy atom. The van der Waals surface area contributed by atoms with Crippen LogP contribution in [0.4, 0.5) is 11.5 Å². The van der Waals surface area contributed by atoms with Crippen LogP contribution in [-0.4, -0.2) is 42.2 Å². The smallest absolute Gasteiger partial charge is 0.308 e. The second kappa shape index (κ2) is 6.98. The van der Waals surface area contributed by atoms with Crippen molar-refractivity contribution in [2.24, 2.45) is 5.92 Å². The lowest BCUT2D eigenvalue weighted by atomic mass is 10.1. The van der Waals surface area contributed by atoms with Crippen molar-refractivity contribution >= 4 is 17.5 Å². The number of nitrogens with zero attached hydrogens (tertiary/aromatic N) is 3. The fourth-order valence-electron chi connectivity index (χ4n) is 2.48. The van der Waals surface area contributed by atoms with Gasteiger partial charge in [-0.1, -0.05) is 12.8 Å². The number of carbonyl (C=O) groups is 1. The summed E-state index contributed by atoms with van der Waals surface area (Å²) in [6.07, 6.45) is 9.58. The molecule has 1 N–H and O–H groups in total. The normalized spacial score (nSPS) is 15.5. The van der Waals surface area contributed by atoms with Crippen molar-refractivity contribution < 1.29 is 9.90 Å². The van der Waals surface area contributed by atoms with Crippen LogP contribution in [0.15, 0.2) is 18.3 Å². The van der Waals surface area contributed by atoms with Crippen molar-refractivity contribution in [2.45, 2.75) is 19.8 Å². The number of pyridine rings is 1. The number of rotatable bonds is 6. The van der Waals surface area contributed by atoms with Gasteiger partial charge < -0.3 is 14.9 Å². The van der Waals surface area contributed by atoms with E-state index >= 15 is 0 Å². The van der Waals surface area contributed by atoms with Crippen molar-refractivity contribution in [3.05, 3.63) is 18.3 Å². The highest BCUT2D eigenvalue weighted by molar-refractivity contribution is 5.70. The maximum absolute atomic E-state index is 11.0. The Kier molecular flexibility index (Phi) is 5.04. The summed E-state index contributed by atoms with van der Waals surface area (Å²) in [7, 11) is 0. The van der Waals surface area contributed by atoms with Gasteiger partial charge in [-0.25, -0.2) is 4.98 Å². The Balaban J connectivity index is 2.09. The fraction of sp³-hybridized carbons (Fsp3) is 0.500. The zero-order valence-corrected chi connectivity index (χ0v) is 12.3. The summed E-state index contributed by atoms with van der Waals surface area (Å²) in [6, 6.07) is 3.95. The third-order valence-corrected chi connectivity index (χ3v) is 3.73. The molecule has 1 fully saturated rings. The minimum atomic E-state index is -0.821. The molecule has 1 aromatic heterocycles. The maximum atomic E-state index is 11.0. The number of carboxylic acids is 1. The molecule has 1 aliphatic rings. The first-order valence-corrected chi connectivity index (χ1v) is 7.24. The average Bonchev–Trinajstić information content (AvgIpc) is 3.01. The Hall–Kier alpha value is -2.22. The molecular formula is C16H21N3O2. The van der Waals surface area contributed by atoms with Crippen LogP contribution in [0, 0.1) is 18.3 Å². The molecule has 1 unspecified atom stereocenters. The molecule has 5 nitrogen and oxygen atoms in total. The first kappa shape index (κ1) is 15.2. The highest BCUT2D eigenvalue weighted by Crippen LogP contribution is 2.21. The Labute approximate surface area is 125 Å². The van der Waals surface area contributed by atoms with E-state index in [9.17, 15) is 4.79 Å². The maximum Gasteiger partial charge on any atom is 0.308 e. The lowest BCUT2D eigenvalue weighted by molar-refractivity contribution is -0.140. The number of hydrogen-bond donors (Lipinski definition) is 1. The van der Waals surface area contributed by atoms with Crippen LogP contribution in [-0.2, 0) is 4.79 Å². The van der Waals surface area contributed by atoms with Crippen molar-refractivity contribution in [3.63, 3.8) is 0 Å². The summed E-state index contributed by atoms with van der Waals surface area (Å²) in [4.78, 5) is 19.6. The molecule has 0 aliphatic carbocycles. The molecule has 0 saturated carbocycles. The minimum absolute atomic E-state index is 0.377. The largest absolute Gasteiger partial charge is 0.481 e. The number of aliphatic carboxylic acids is 1. The minimum Gasteiger partial charge on any atom is -0.481 e. The monoisotopic (exact) mass is 287 g/mol. The first-order chi connectivity index (χ1) is 10.1. The topological polar surface area (TPSA) is 56.7 Å². The van der Waals surface area contributed by atoms with Crippen LogP contribution in [0.1, 0.15) is 19.8 Å². The quantitative estimate of drug-likeness (QED) is 0.809. The van der Waals surface area contributed by atoms with Crippen molar-refractivity contribution in [3.8, 4) is 12.3 Å². The van der Waals surface area contributed by atoms with Gasteiger partial charge in [0, 0.05) is 19.6 Å². The second-order valence-electron chi connectivity index (χ2n) is 5.39. The van der Waals surface area contributed by atoms with Crippen LogP contribution in [0.3, 0.4) is 0 Å². The van der Waals surface area contributed by atoms with Gasteiger partial charge in [0.15, 0.2) is 0 Å². The summed E-state index contributed by atoms with van der Waals surface area (Å²) < 4.78 is 0. The van der Waals surface area contributed by atoms with Gasteiger partial charge in [-0.15, -0.1) is 6.42 Å². The highest BCUT2D eigenvalue weighted by Gasteiger charge is 2.17. The van der Waals surface area contributed by atoms with E-state index in [4.69, 9.17) is 11.5 Å². The Morgan fingerprint density at radius 1 is 1.52 bits per heavy atom. The second-order valence-corrected chi connectivity index (χ2v) is 5.39. The Morgan fingerprint density at radius 3 is 2.76 bits per heavy atom. The molecule has 1 aromatic rings. The number of aromatic nitrogens is 1. The molecule has 21 heavy (non-hydrogen) atoms. The standard InChI is InChI=1S/C16H21N3O2/c1-3-8-19(12-13(2)16(20)21)14-6-7-15(17-11-14)18-9-4-5-10-18/h1,6-7,11,13H,4-5,8-10,12H2,2H3,(H,20,21). The van der Waals surface area contributed by atoms with E-state index in [1.807, 2.05) is 17.0 Å². The van der Waals surface area contributed by atoms with Gasteiger partial charge in [0.25, 0.3) is 0 Å². The molecular weight excluding hydrogens is 266 g/mol. The molecule has 0 radical (unpaired) electrons. The number of hydrogen-bond acceptors (Lipinski definition) is 4. The zero-order valence-electron chi connectivity index (χ0n) is 12.3. The van der Waals surface area contributed by atoms with Crippen molar-refractivity contribution in [1.82, 2.24) is 4.98 Å². The average molecular weight is 287 g/mol. The van der Waals surface area contributed by atoms with Crippen molar-refractivity contribution in [1.29, 1.82) is 0 Å². The predicted molar refractivity (Wildman–Crippen MR) is 83.5 cm³/mol. The zero-order chi connectivity index (χ0) is 15.2. The van der Waals surface area contributed by atoms with Gasteiger partial charge in [0.2, 0.25) is 0 Å². The summed E-state index contributed by atoms with van der Waals surface area (Å²) in [5, 5.41) is 9.03.